The Bertz CT molecular complexity index is 626. The van der Waals surface area contributed by atoms with Crippen LogP contribution in [0.25, 0.3) is 0 Å². The summed E-state index contributed by atoms with van der Waals surface area (Å²) in [5, 5.41) is 2.55. The van der Waals surface area contributed by atoms with Crippen LogP contribution in [0.3, 0.4) is 0 Å². The molecule has 2 rings (SSSR count). The fraction of sp³-hybridized carbons (Fsp3) is 0.125. The number of para-hydroxylation sites is 1. The Kier molecular flexibility index (Phi) is 4.66. The zero-order valence-electron chi connectivity index (χ0n) is 11.5. The Morgan fingerprint density at radius 3 is 2.29 bits per heavy atom. The molecule has 0 aliphatic rings. The maximum Gasteiger partial charge on any atom is 0.236 e. The number of rotatable bonds is 4. The summed E-state index contributed by atoms with van der Waals surface area (Å²) in [6.45, 7) is 0. The van der Waals surface area contributed by atoms with Gasteiger partial charge in [-0.05, 0) is 36.4 Å². The minimum absolute atomic E-state index is 0.275. The highest BCUT2D eigenvalue weighted by Gasteiger charge is 2.15. The SMILES string of the molecule is CN(C(=O)CC(=O)Nc1ccc(F)cc1)c1ccccc1. The van der Waals surface area contributed by atoms with E-state index in [1.165, 1.54) is 29.2 Å². The summed E-state index contributed by atoms with van der Waals surface area (Å²) in [7, 11) is 1.61. The maximum absolute atomic E-state index is 12.8. The summed E-state index contributed by atoms with van der Waals surface area (Å²) < 4.78 is 12.8. The minimum atomic E-state index is -0.436. The summed E-state index contributed by atoms with van der Waals surface area (Å²) in [5.74, 6) is -1.14. The van der Waals surface area contributed by atoms with Crippen LogP contribution in [-0.4, -0.2) is 18.9 Å². The number of hydrogen-bond acceptors (Lipinski definition) is 2. The van der Waals surface area contributed by atoms with Gasteiger partial charge < -0.3 is 10.2 Å². The Hall–Kier alpha value is -2.69. The zero-order chi connectivity index (χ0) is 15.2. The van der Waals surface area contributed by atoms with Crippen molar-refractivity contribution in [2.75, 3.05) is 17.3 Å². The molecule has 2 aromatic rings. The van der Waals surface area contributed by atoms with Crippen molar-refractivity contribution in [1.29, 1.82) is 0 Å². The minimum Gasteiger partial charge on any atom is -0.326 e. The second kappa shape index (κ2) is 6.65. The van der Waals surface area contributed by atoms with E-state index in [9.17, 15) is 14.0 Å². The Labute approximate surface area is 122 Å². The van der Waals surface area contributed by atoms with E-state index in [1.54, 1.807) is 19.2 Å². The first kappa shape index (κ1) is 14.7. The van der Waals surface area contributed by atoms with Gasteiger partial charge in [0.05, 0.1) is 0 Å². The molecule has 0 saturated heterocycles. The van der Waals surface area contributed by atoms with Gasteiger partial charge in [0.15, 0.2) is 0 Å². The Balaban J connectivity index is 1.93. The quantitative estimate of drug-likeness (QED) is 0.879. The van der Waals surface area contributed by atoms with Crippen molar-refractivity contribution in [3.63, 3.8) is 0 Å². The fourth-order valence-corrected chi connectivity index (χ4v) is 1.79. The van der Waals surface area contributed by atoms with Gasteiger partial charge in [0.1, 0.15) is 12.2 Å². The number of anilines is 2. The summed E-state index contributed by atoms with van der Waals surface area (Å²) >= 11 is 0. The van der Waals surface area contributed by atoms with Crippen LogP contribution in [0.4, 0.5) is 15.8 Å². The average Bonchev–Trinajstić information content (AvgIpc) is 2.49. The van der Waals surface area contributed by atoms with E-state index >= 15 is 0 Å². The van der Waals surface area contributed by atoms with Gasteiger partial charge in [-0.1, -0.05) is 18.2 Å². The predicted octanol–water partition coefficient (Wildman–Crippen LogP) is 2.82. The smallest absolute Gasteiger partial charge is 0.236 e. The number of carbonyl (C=O) groups is 2. The number of nitrogens with zero attached hydrogens (tertiary/aromatic N) is 1. The van der Waals surface area contributed by atoms with Crippen LogP contribution in [0.1, 0.15) is 6.42 Å². The first-order chi connectivity index (χ1) is 10.1. The van der Waals surface area contributed by atoms with Crippen molar-refractivity contribution < 1.29 is 14.0 Å². The van der Waals surface area contributed by atoms with Crippen LogP contribution < -0.4 is 10.2 Å². The molecule has 21 heavy (non-hydrogen) atoms. The van der Waals surface area contributed by atoms with Crippen molar-refractivity contribution in [3.8, 4) is 0 Å². The molecule has 4 nitrogen and oxygen atoms in total. The largest absolute Gasteiger partial charge is 0.326 e. The van der Waals surface area contributed by atoms with Gasteiger partial charge in [-0.15, -0.1) is 0 Å². The molecule has 0 atom stereocenters. The van der Waals surface area contributed by atoms with E-state index in [0.717, 1.165) is 5.69 Å². The normalized spacial score (nSPS) is 10.0. The zero-order valence-corrected chi connectivity index (χ0v) is 11.5. The monoisotopic (exact) mass is 286 g/mol. The molecule has 0 heterocycles. The molecule has 0 aliphatic heterocycles. The Morgan fingerprint density at radius 1 is 1.05 bits per heavy atom. The number of halogens is 1. The van der Waals surface area contributed by atoms with Crippen molar-refractivity contribution in [2.24, 2.45) is 0 Å². The molecule has 0 unspecified atom stereocenters. The van der Waals surface area contributed by atoms with Crippen LogP contribution in [0.2, 0.25) is 0 Å². The second-order valence-electron chi connectivity index (χ2n) is 4.52. The lowest BCUT2D eigenvalue weighted by molar-refractivity contribution is -0.125. The third kappa shape index (κ3) is 4.14. The van der Waals surface area contributed by atoms with E-state index in [4.69, 9.17) is 0 Å². The van der Waals surface area contributed by atoms with E-state index in [2.05, 4.69) is 5.32 Å². The summed E-state index contributed by atoms with van der Waals surface area (Å²) in [4.78, 5) is 25.2. The van der Waals surface area contributed by atoms with Crippen molar-refractivity contribution in [1.82, 2.24) is 0 Å². The standard InChI is InChI=1S/C16H15FN2O2/c1-19(14-5-3-2-4-6-14)16(21)11-15(20)18-13-9-7-12(17)8-10-13/h2-10H,11H2,1H3,(H,18,20). The Morgan fingerprint density at radius 2 is 1.67 bits per heavy atom. The van der Waals surface area contributed by atoms with Gasteiger partial charge in [-0.25, -0.2) is 4.39 Å². The lowest BCUT2D eigenvalue weighted by Crippen LogP contribution is -2.30. The summed E-state index contributed by atoms with van der Waals surface area (Å²) in [6, 6.07) is 14.4. The van der Waals surface area contributed by atoms with Gasteiger partial charge in [-0.2, -0.15) is 0 Å². The number of nitrogens with one attached hydrogen (secondary N) is 1. The molecule has 2 amide bonds. The van der Waals surface area contributed by atoms with Crippen LogP contribution in [0.5, 0.6) is 0 Å². The fourth-order valence-electron chi connectivity index (χ4n) is 1.79. The molecule has 0 aromatic heterocycles. The number of hydrogen-bond donors (Lipinski definition) is 1. The molecule has 0 bridgehead atoms. The molecule has 0 spiro atoms. The van der Waals surface area contributed by atoms with Crippen molar-refractivity contribution >= 4 is 23.2 Å². The second-order valence-corrected chi connectivity index (χ2v) is 4.52. The summed E-state index contributed by atoms with van der Waals surface area (Å²) in [6.07, 6.45) is -0.275. The van der Waals surface area contributed by atoms with E-state index in [0.29, 0.717) is 5.69 Å². The molecule has 5 heteroatoms. The number of benzene rings is 2. The molecule has 0 fully saturated rings. The number of carbonyl (C=O) groups excluding carboxylic acids is 2. The molecule has 0 radical (unpaired) electrons. The molecule has 1 N–H and O–H groups in total. The molecular weight excluding hydrogens is 271 g/mol. The molecule has 2 aromatic carbocycles. The maximum atomic E-state index is 12.8. The average molecular weight is 286 g/mol. The third-order valence-electron chi connectivity index (χ3n) is 2.96. The molecule has 0 aliphatic carbocycles. The summed E-state index contributed by atoms with van der Waals surface area (Å²) in [5.41, 5.74) is 1.17. The van der Waals surface area contributed by atoms with Crippen molar-refractivity contribution in [3.05, 3.63) is 60.4 Å². The highest BCUT2D eigenvalue weighted by Crippen LogP contribution is 2.13. The van der Waals surface area contributed by atoms with E-state index < -0.39 is 5.91 Å². The predicted molar refractivity (Wildman–Crippen MR) is 79.5 cm³/mol. The van der Waals surface area contributed by atoms with Gasteiger partial charge in [0.2, 0.25) is 11.8 Å². The topological polar surface area (TPSA) is 49.4 Å². The van der Waals surface area contributed by atoms with Crippen LogP contribution in [-0.2, 0) is 9.59 Å². The first-order valence-electron chi connectivity index (χ1n) is 6.43. The van der Waals surface area contributed by atoms with E-state index in [-0.39, 0.29) is 18.1 Å². The van der Waals surface area contributed by atoms with Gasteiger partial charge in [-0.3, -0.25) is 9.59 Å². The number of amides is 2. The molecular formula is C16H15FN2O2. The van der Waals surface area contributed by atoms with Crippen LogP contribution in [0.15, 0.2) is 54.6 Å². The lowest BCUT2D eigenvalue weighted by Gasteiger charge is -2.17. The highest BCUT2D eigenvalue weighted by atomic mass is 19.1. The van der Waals surface area contributed by atoms with Gasteiger partial charge >= 0.3 is 0 Å². The first-order valence-corrected chi connectivity index (χ1v) is 6.43. The molecule has 108 valence electrons. The van der Waals surface area contributed by atoms with Crippen LogP contribution in [0, 0.1) is 5.82 Å². The third-order valence-corrected chi connectivity index (χ3v) is 2.96. The van der Waals surface area contributed by atoms with Gasteiger partial charge in [0, 0.05) is 18.4 Å². The van der Waals surface area contributed by atoms with Crippen molar-refractivity contribution in [2.45, 2.75) is 6.42 Å². The lowest BCUT2D eigenvalue weighted by atomic mass is 10.2. The highest BCUT2D eigenvalue weighted by molar-refractivity contribution is 6.08. The van der Waals surface area contributed by atoms with Crippen LogP contribution >= 0.6 is 0 Å². The van der Waals surface area contributed by atoms with E-state index in [1.807, 2.05) is 18.2 Å². The molecule has 0 saturated carbocycles. The van der Waals surface area contributed by atoms with Gasteiger partial charge in [0.25, 0.3) is 0 Å².